The molecule has 0 bridgehead atoms. The van der Waals surface area contributed by atoms with Gasteiger partial charge in [-0.3, -0.25) is 0 Å². The van der Waals surface area contributed by atoms with Crippen LogP contribution in [-0.4, -0.2) is 10.2 Å². The molecule has 4 rings (SSSR count). The Hall–Kier alpha value is -3.54. The van der Waals surface area contributed by atoms with E-state index < -0.39 is 11.9 Å². The third-order valence-corrected chi connectivity index (χ3v) is 4.41. The van der Waals surface area contributed by atoms with Crippen molar-refractivity contribution in [3.63, 3.8) is 0 Å². The van der Waals surface area contributed by atoms with Crippen molar-refractivity contribution in [2.24, 2.45) is 0 Å². The molecule has 1 heterocycles. The van der Waals surface area contributed by atoms with Crippen LogP contribution in [0.4, 0.5) is 14.5 Å². The second-order valence-corrected chi connectivity index (χ2v) is 6.37. The fourth-order valence-corrected chi connectivity index (χ4v) is 2.97. The summed E-state index contributed by atoms with van der Waals surface area (Å²) in [6.07, 6.45) is 0. The van der Waals surface area contributed by atoms with Crippen molar-refractivity contribution < 1.29 is 13.2 Å². The highest BCUT2D eigenvalue weighted by Crippen LogP contribution is 2.30. The predicted molar refractivity (Wildman–Crippen MR) is 103 cm³/mol. The van der Waals surface area contributed by atoms with E-state index in [0.29, 0.717) is 0 Å². The third kappa shape index (κ3) is 3.62. The molecule has 0 aliphatic carbocycles. The molecule has 1 atom stereocenters. The van der Waals surface area contributed by atoms with E-state index in [-0.39, 0.29) is 23.2 Å². The zero-order chi connectivity index (χ0) is 19.5. The minimum Gasteiger partial charge on any atom is -0.418 e. The Balaban J connectivity index is 1.73. The lowest BCUT2D eigenvalue weighted by Gasteiger charge is -2.18. The molecule has 0 saturated heterocycles. The number of aromatic nitrogens is 2. The van der Waals surface area contributed by atoms with E-state index in [1.807, 2.05) is 37.3 Å². The number of halogens is 2. The molecular weight excluding hydrogens is 360 g/mol. The van der Waals surface area contributed by atoms with E-state index in [9.17, 15) is 8.78 Å². The van der Waals surface area contributed by atoms with Crippen LogP contribution in [0.15, 0.2) is 77.2 Å². The monoisotopic (exact) mass is 377 g/mol. The number of benzene rings is 3. The Morgan fingerprint density at radius 3 is 2.39 bits per heavy atom. The summed E-state index contributed by atoms with van der Waals surface area (Å²) in [6.45, 7) is 1.81. The van der Waals surface area contributed by atoms with Gasteiger partial charge < -0.3 is 9.73 Å². The van der Waals surface area contributed by atoms with E-state index in [2.05, 4.69) is 15.5 Å². The standard InChI is InChI=1S/C22H17F2N3O/c1-14-13-16(23)11-12-19(14)25-20(15-7-3-2-4-8-15)22-27-26-21(28-22)17-9-5-6-10-18(17)24/h2-13,20,25H,1H3/t20-/m1/s1. The number of rotatable bonds is 5. The van der Waals surface area contributed by atoms with Crippen LogP contribution >= 0.6 is 0 Å². The molecule has 0 unspecified atom stereocenters. The molecule has 0 saturated carbocycles. The van der Waals surface area contributed by atoms with Crippen molar-refractivity contribution in [3.05, 3.63) is 101 Å². The van der Waals surface area contributed by atoms with Crippen LogP contribution in [0.1, 0.15) is 23.1 Å². The third-order valence-electron chi connectivity index (χ3n) is 4.41. The molecule has 28 heavy (non-hydrogen) atoms. The largest absolute Gasteiger partial charge is 0.418 e. The van der Waals surface area contributed by atoms with Crippen LogP contribution in [0.2, 0.25) is 0 Å². The molecule has 0 spiro atoms. The number of nitrogens with one attached hydrogen (secondary N) is 1. The van der Waals surface area contributed by atoms with Crippen molar-refractivity contribution in [1.29, 1.82) is 0 Å². The van der Waals surface area contributed by atoms with Gasteiger partial charge >= 0.3 is 0 Å². The molecule has 1 N–H and O–H groups in total. The van der Waals surface area contributed by atoms with Crippen LogP contribution < -0.4 is 5.32 Å². The molecule has 6 heteroatoms. The Morgan fingerprint density at radius 1 is 0.893 bits per heavy atom. The highest BCUT2D eigenvalue weighted by Gasteiger charge is 2.23. The van der Waals surface area contributed by atoms with Gasteiger partial charge in [0.25, 0.3) is 5.89 Å². The first kappa shape index (κ1) is 17.9. The van der Waals surface area contributed by atoms with Gasteiger partial charge in [-0.05, 0) is 48.4 Å². The molecular formula is C22H17F2N3O. The maximum Gasteiger partial charge on any atom is 0.250 e. The Kier molecular flexibility index (Phi) is 4.85. The lowest BCUT2D eigenvalue weighted by molar-refractivity contribution is 0.490. The van der Waals surface area contributed by atoms with Gasteiger partial charge in [-0.1, -0.05) is 42.5 Å². The lowest BCUT2D eigenvalue weighted by Crippen LogP contribution is -2.13. The topological polar surface area (TPSA) is 51.0 Å². The summed E-state index contributed by atoms with van der Waals surface area (Å²) in [4.78, 5) is 0. The van der Waals surface area contributed by atoms with Gasteiger partial charge in [0.2, 0.25) is 5.89 Å². The Bertz CT molecular complexity index is 1100. The first-order valence-corrected chi connectivity index (χ1v) is 8.78. The second kappa shape index (κ2) is 7.60. The van der Waals surface area contributed by atoms with Crippen LogP contribution in [0, 0.1) is 18.6 Å². The minimum absolute atomic E-state index is 0.103. The first-order valence-electron chi connectivity index (χ1n) is 8.78. The molecule has 1 aromatic heterocycles. The van der Waals surface area contributed by atoms with E-state index >= 15 is 0 Å². The summed E-state index contributed by atoms with van der Waals surface area (Å²) >= 11 is 0. The van der Waals surface area contributed by atoms with Crippen LogP contribution in [-0.2, 0) is 0 Å². The molecule has 0 fully saturated rings. The molecule has 140 valence electrons. The van der Waals surface area contributed by atoms with Gasteiger partial charge in [0.1, 0.15) is 17.7 Å². The highest BCUT2D eigenvalue weighted by molar-refractivity contribution is 5.55. The maximum absolute atomic E-state index is 14.1. The molecule has 0 aliphatic heterocycles. The highest BCUT2D eigenvalue weighted by atomic mass is 19.1. The van der Waals surface area contributed by atoms with Gasteiger partial charge in [0.05, 0.1) is 5.56 Å². The molecule has 4 aromatic rings. The van der Waals surface area contributed by atoms with Gasteiger partial charge in [0.15, 0.2) is 0 Å². The predicted octanol–water partition coefficient (Wildman–Crippen LogP) is 5.52. The summed E-state index contributed by atoms with van der Waals surface area (Å²) < 4.78 is 33.3. The number of hydrogen-bond donors (Lipinski definition) is 1. The molecule has 4 nitrogen and oxygen atoms in total. The summed E-state index contributed by atoms with van der Waals surface area (Å²) in [7, 11) is 0. The molecule has 3 aromatic carbocycles. The zero-order valence-corrected chi connectivity index (χ0v) is 15.1. The van der Waals surface area contributed by atoms with Crippen molar-refractivity contribution in [3.8, 4) is 11.5 Å². The number of aryl methyl sites for hydroxylation is 1. The smallest absolute Gasteiger partial charge is 0.250 e. The van der Waals surface area contributed by atoms with Crippen molar-refractivity contribution >= 4 is 5.69 Å². The molecule has 0 radical (unpaired) electrons. The Labute approximate surface area is 160 Å². The number of hydrogen-bond acceptors (Lipinski definition) is 4. The second-order valence-electron chi connectivity index (χ2n) is 6.37. The Morgan fingerprint density at radius 2 is 1.64 bits per heavy atom. The normalized spacial score (nSPS) is 12.0. The maximum atomic E-state index is 14.1. The van der Waals surface area contributed by atoms with Gasteiger partial charge in [-0.2, -0.15) is 0 Å². The summed E-state index contributed by atoms with van der Waals surface area (Å²) in [5.74, 6) is -0.352. The summed E-state index contributed by atoms with van der Waals surface area (Å²) in [5.41, 5.74) is 2.61. The van der Waals surface area contributed by atoms with Crippen molar-refractivity contribution in [1.82, 2.24) is 10.2 Å². The SMILES string of the molecule is Cc1cc(F)ccc1N[C@H](c1ccccc1)c1nnc(-c2ccccc2F)o1. The van der Waals surface area contributed by atoms with E-state index in [4.69, 9.17) is 4.42 Å². The van der Waals surface area contributed by atoms with Crippen LogP contribution in [0.5, 0.6) is 0 Å². The summed E-state index contributed by atoms with van der Waals surface area (Å²) in [6, 6.07) is 19.8. The zero-order valence-electron chi connectivity index (χ0n) is 15.1. The fourth-order valence-electron chi connectivity index (χ4n) is 2.97. The fraction of sp³-hybridized carbons (Fsp3) is 0.0909. The van der Waals surface area contributed by atoms with E-state index in [1.54, 1.807) is 24.3 Å². The van der Waals surface area contributed by atoms with Gasteiger partial charge in [-0.15, -0.1) is 10.2 Å². The molecule has 0 aliphatic rings. The lowest BCUT2D eigenvalue weighted by atomic mass is 10.1. The van der Waals surface area contributed by atoms with Crippen molar-refractivity contribution in [2.75, 3.05) is 5.32 Å². The average Bonchev–Trinajstić information content (AvgIpc) is 3.18. The van der Waals surface area contributed by atoms with Crippen molar-refractivity contribution in [2.45, 2.75) is 13.0 Å². The number of anilines is 1. The van der Waals surface area contributed by atoms with Gasteiger partial charge in [-0.25, -0.2) is 8.78 Å². The first-order chi connectivity index (χ1) is 13.6. The summed E-state index contributed by atoms with van der Waals surface area (Å²) in [5, 5.41) is 11.5. The van der Waals surface area contributed by atoms with E-state index in [1.165, 1.54) is 18.2 Å². The number of nitrogens with zero attached hydrogens (tertiary/aromatic N) is 2. The molecule has 0 amide bonds. The van der Waals surface area contributed by atoms with Crippen LogP contribution in [0.3, 0.4) is 0 Å². The average molecular weight is 377 g/mol. The quantitative estimate of drug-likeness (QED) is 0.497. The minimum atomic E-state index is -0.474. The van der Waals surface area contributed by atoms with Crippen LogP contribution in [0.25, 0.3) is 11.5 Å². The van der Waals surface area contributed by atoms with E-state index in [0.717, 1.165) is 16.8 Å². The van der Waals surface area contributed by atoms with Gasteiger partial charge in [0, 0.05) is 5.69 Å².